The topological polar surface area (TPSA) is 83.5 Å². The fraction of sp³-hybridized carbons (Fsp3) is 0.941. The maximum absolute atomic E-state index is 11.4. The van der Waals surface area contributed by atoms with Crippen molar-refractivity contribution < 1.29 is 17.8 Å². The zero-order chi connectivity index (χ0) is 17.4. The Bertz CT molecular complexity index is 382. The monoisotopic (exact) mass is 349 g/mol. The highest BCUT2D eigenvalue weighted by Gasteiger charge is 2.06. The van der Waals surface area contributed by atoms with Crippen molar-refractivity contribution in [1.29, 1.82) is 0 Å². The highest BCUT2D eigenvalue weighted by atomic mass is 32.2. The molecule has 0 aliphatic carbocycles. The van der Waals surface area contributed by atoms with Crippen LogP contribution in [-0.2, 0) is 14.9 Å². The van der Waals surface area contributed by atoms with Gasteiger partial charge in [0.15, 0.2) is 0 Å². The van der Waals surface area contributed by atoms with E-state index in [-0.39, 0.29) is 12.5 Å². The first-order valence-electron chi connectivity index (χ1n) is 9.17. The number of nitrogens with one attached hydrogen (secondary N) is 1. The summed E-state index contributed by atoms with van der Waals surface area (Å²) in [5, 5.41) is 2.50. The Morgan fingerprint density at radius 3 is 1.70 bits per heavy atom. The number of hydrogen-bond donors (Lipinski definition) is 2. The minimum Gasteiger partial charge on any atom is -0.355 e. The molecule has 2 N–H and O–H groups in total. The SMILES string of the molecule is CCCCCCCCCCCCCCC(=O)NCCS(=O)(=O)O. The average Bonchev–Trinajstić information content (AvgIpc) is 2.47. The summed E-state index contributed by atoms with van der Waals surface area (Å²) in [7, 11) is -3.98. The van der Waals surface area contributed by atoms with E-state index >= 15 is 0 Å². The molecular formula is C17H35NO4S. The van der Waals surface area contributed by atoms with Crippen LogP contribution < -0.4 is 5.32 Å². The van der Waals surface area contributed by atoms with Crippen molar-refractivity contribution in [2.45, 2.75) is 90.4 Å². The van der Waals surface area contributed by atoms with Crippen LogP contribution in [0, 0.1) is 0 Å². The van der Waals surface area contributed by atoms with E-state index in [9.17, 15) is 13.2 Å². The quantitative estimate of drug-likeness (QED) is 0.325. The molecule has 0 spiro atoms. The Labute approximate surface area is 142 Å². The Morgan fingerprint density at radius 2 is 1.26 bits per heavy atom. The van der Waals surface area contributed by atoms with Crippen LogP contribution in [0.4, 0.5) is 0 Å². The first kappa shape index (κ1) is 22.4. The number of hydrogen-bond acceptors (Lipinski definition) is 3. The molecule has 0 saturated carbocycles. The second kappa shape index (κ2) is 14.9. The van der Waals surface area contributed by atoms with Gasteiger partial charge in [0, 0.05) is 13.0 Å². The Hall–Kier alpha value is -0.620. The van der Waals surface area contributed by atoms with Crippen LogP contribution in [0.5, 0.6) is 0 Å². The number of carbonyl (C=O) groups is 1. The normalized spacial score (nSPS) is 11.6. The van der Waals surface area contributed by atoms with Crippen molar-refractivity contribution in [3.8, 4) is 0 Å². The van der Waals surface area contributed by atoms with Crippen LogP contribution >= 0.6 is 0 Å². The summed E-state index contributed by atoms with van der Waals surface area (Å²) in [6.07, 6.45) is 15.5. The Balaban J connectivity index is 3.22. The molecule has 138 valence electrons. The van der Waals surface area contributed by atoms with Gasteiger partial charge in [-0.2, -0.15) is 8.42 Å². The molecule has 0 atom stereocenters. The summed E-state index contributed by atoms with van der Waals surface area (Å²) in [5.74, 6) is -0.558. The van der Waals surface area contributed by atoms with Crippen molar-refractivity contribution in [1.82, 2.24) is 5.32 Å². The number of unbranched alkanes of at least 4 members (excludes halogenated alkanes) is 11. The van der Waals surface area contributed by atoms with Crippen LogP contribution in [0.1, 0.15) is 90.4 Å². The maximum atomic E-state index is 11.4. The van der Waals surface area contributed by atoms with E-state index in [1.165, 1.54) is 57.8 Å². The highest BCUT2D eigenvalue weighted by Crippen LogP contribution is 2.12. The van der Waals surface area contributed by atoms with Crippen molar-refractivity contribution >= 4 is 16.0 Å². The minimum atomic E-state index is -3.98. The molecule has 0 rings (SSSR count). The van der Waals surface area contributed by atoms with Crippen LogP contribution in [0.15, 0.2) is 0 Å². The van der Waals surface area contributed by atoms with E-state index in [4.69, 9.17) is 4.55 Å². The summed E-state index contributed by atoms with van der Waals surface area (Å²) in [5.41, 5.74) is 0. The van der Waals surface area contributed by atoms with Crippen LogP contribution in [0.25, 0.3) is 0 Å². The standard InChI is InChI=1S/C17H35NO4S/c1-2-3-4-5-6-7-8-9-10-11-12-13-14-17(19)18-15-16-23(20,21)22/h2-16H2,1H3,(H,18,19)(H,20,21,22). The second-order valence-corrected chi connectivity index (χ2v) is 7.85. The molecule has 0 bridgehead atoms. The third kappa shape index (κ3) is 19.3. The summed E-state index contributed by atoms with van der Waals surface area (Å²) in [6.45, 7) is 2.22. The van der Waals surface area contributed by atoms with E-state index in [1.54, 1.807) is 0 Å². The molecule has 0 saturated heterocycles. The third-order valence-corrected chi connectivity index (χ3v) is 4.66. The van der Waals surface area contributed by atoms with Gasteiger partial charge in [-0.15, -0.1) is 0 Å². The van der Waals surface area contributed by atoms with Gasteiger partial charge in [-0.25, -0.2) is 0 Å². The van der Waals surface area contributed by atoms with Gasteiger partial charge in [0.2, 0.25) is 5.91 Å². The average molecular weight is 350 g/mol. The predicted octanol–water partition coefficient (Wildman–Crippen LogP) is 4.08. The van der Waals surface area contributed by atoms with Gasteiger partial charge < -0.3 is 5.32 Å². The maximum Gasteiger partial charge on any atom is 0.266 e. The Kier molecular flexibility index (Phi) is 14.5. The van der Waals surface area contributed by atoms with Gasteiger partial charge >= 0.3 is 0 Å². The van der Waals surface area contributed by atoms with E-state index < -0.39 is 15.9 Å². The smallest absolute Gasteiger partial charge is 0.266 e. The van der Waals surface area contributed by atoms with Gasteiger partial charge in [0.1, 0.15) is 0 Å². The number of carbonyl (C=O) groups excluding carboxylic acids is 1. The largest absolute Gasteiger partial charge is 0.355 e. The number of amides is 1. The molecule has 0 radical (unpaired) electrons. The summed E-state index contributed by atoms with van der Waals surface area (Å²) < 4.78 is 29.5. The van der Waals surface area contributed by atoms with Crippen LogP contribution in [0.3, 0.4) is 0 Å². The van der Waals surface area contributed by atoms with E-state index in [1.807, 2.05) is 0 Å². The van der Waals surface area contributed by atoms with E-state index in [2.05, 4.69) is 12.2 Å². The number of rotatable bonds is 16. The minimum absolute atomic E-state index is 0.0179. The highest BCUT2D eigenvalue weighted by molar-refractivity contribution is 7.85. The van der Waals surface area contributed by atoms with E-state index in [0.29, 0.717) is 6.42 Å². The third-order valence-electron chi connectivity index (χ3n) is 3.94. The van der Waals surface area contributed by atoms with Crippen molar-refractivity contribution in [2.24, 2.45) is 0 Å². The summed E-state index contributed by atoms with van der Waals surface area (Å²) in [6, 6.07) is 0. The van der Waals surface area contributed by atoms with E-state index in [0.717, 1.165) is 19.3 Å². The molecule has 0 aromatic carbocycles. The lowest BCUT2D eigenvalue weighted by Gasteiger charge is -2.04. The van der Waals surface area contributed by atoms with Crippen LogP contribution in [-0.4, -0.2) is 31.2 Å². The first-order chi connectivity index (χ1) is 11.0. The lowest BCUT2D eigenvalue weighted by atomic mass is 10.0. The molecule has 0 aliphatic rings. The fourth-order valence-electron chi connectivity index (χ4n) is 2.53. The summed E-state index contributed by atoms with van der Waals surface area (Å²) >= 11 is 0. The van der Waals surface area contributed by atoms with Crippen molar-refractivity contribution in [3.05, 3.63) is 0 Å². The summed E-state index contributed by atoms with van der Waals surface area (Å²) in [4.78, 5) is 11.4. The van der Waals surface area contributed by atoms with Gasteiger partial charge in [-0.05, 0) is 6.42 Å². The van der Waals surface area contributed by atoms with Gasteiger partial charge in [0.05, 0.1) is 5.75 Å². The molecule has 6 heteroatoms. The predicted molar refractivity (Wildman–Crippen MR) is 95.1 cm³/mol. The van der Waals surface area contributed by atoms with Gasteiger partial charge in [-0.3, -0.25) is 9.35 Å². The van der Waals surface area contributed by atoms with Gasteiger partial charge in [-0.1, -0.05) is 77.6 Å². The molecule has 0 heterocycles. The molecule has 1 amide bonds. The Morgan fingerprint density at radius 1 is 0.826 bits per heavy atom. The molecule has 0 aliphatic heterocycles. The van der Waals surface area contributed by atoms with Gasteiger partial charge in [0.25, 0.3) is 10.1 Å². The lowest BCUT2D eigenvalue weighted by molar-refractivity contribution is -0.121. The molecular weight excluding hydrogens is 314 g/mol. The zero-order valence-corrected chi connectivity index (χ0v) is 15.5. The molecule has 5 nitrogen and oxygen atoms in total. The molecule has 23 heavy (non-hydrogen) atoms. The van der Waals surface area contributed by atoms with Crippen LogP contribution in [0.2, 0.25) is 0 Å². The second-order valence-electron chi connectivity index (χ2n) is 6.28. The molecule has 0 fully saturated rings. The van der Waals surface area contributed by atoms with Crippen molar-refractivity contribution in [3.63, 3.8) is 0 Å². The first-order valence-corrected chi connectivity index (χ1v) is 10.8. The molecule has 0 aromatic rings. The lowest BCUT2D eigenvalue weighted by Crippen LogP contribution is -2.28. The fourth-order valence-corrected chi connectivity index (χ4v) is 2.89. The molecule has 0 aromatic heterocycles. The van der Waals surface area contributed by atoms with Crippen molar-refractivity contribution in [2.75, 3.05) is 12.3 Å². The molecule has 0 unspecified atom stereocenters. The zero-order valence-electron chi connectivity index (χ0n) is 14.7.